The van der Waals surface area contributed by atoms with E-state index in [9.17, 15) is 9.59 Å². The Balaban J connectivity index is 1.71. The first-order chi connectivity index (χ1) is 13.1. The summed E-state index contributed by atoms with van der Waals surface area (Å²) in [5.41, 5.74) is 2.67. The summed E-state index contributed by atoms with van der Waals surface area (Å²) in [4.78, 5) is 26.5. The number of morpholine rings is 1. The highest BCUT2D eigenvalue weighted by atomic mass is 16.5. The van der Waals surface area contributed by atoms with Crippen LogP contribution in [-0.4, -0.2) is 38.1 Å². The quantitative estimate of drug-likeness (QED) is 0.824. The van der Waals surface area contributed by atoms with Crippen LogP contribution in [0, 0.1) is 0 Å². The van der Waals surface area contributed by atoms with Gasteiger partial charge in [0.1, 0.15) is 0 Å². The van der Waals surface area contributed by atoms with E-state index in [2.05, 4.69) is 15.5 Å². The molecule has 142 valence electrons. The molecule has 1 aliphatic heterocycles. The van der Waals surface area contributed by atoms with Gasteiger partial charge in [-0.1, -0.05) is 42.5 Å². The summed E-state index contributed by atoms with van der Waals surface area (Å²) in [6.07, 6.45) is 0.168. The van der Waals surface area contributed by atoms with Gasteiger partial charge in [0.05, 0.1) is 37.1 Å². The van der Waals surface area contributed by atoms with Crippen LogP contribution in [0.5, 0.6) is 0 Å². The molecule has 6 heteroatoms. The first kappa shape index (κ1) is 18.9. The normalized spacial score (nSPS) is 15.1. The topological polar surface area (TPSA) is 70.7 Å². The number of carbonyl (C=O) groups is 2. The zero-order valence-corrected chi connectivity index (χ0v) is 15.5. The number of hydrogen-bond acceptors (Lipinski definition) is 4. The summed E-state index contributed by atoms with van der Waals surface area (Å²) >= 11 is 0. The lowest BCUT2D eigenvalue weighted by Crippen LogP contribution is -2.37. The molecule has 27 heavy (non-hydrogen) atoms. The second-order valence-electron chi connectivity index (χ2n) is 6.53. The van der Waals surface area contributed by atoms with Crippen molar-refractivity contribution in [2.45, 2.75) is 19.4 Å². The van der Waals surface area contributed by atoms with Crippen molar-refractivity contribution < 1.29 is 14.3 Å². The monoisotopic (exact) mass is 367 g/mol. The van der Waals surface area contributed by atoms with Crippen molar-refractivity contribution in [2.75, 3.05) is 36.5 Å². The molecule has 0 spiro atoms. The number of hydrogen-bond donors (Lipinski definition) is 2. The van der Waals surface area contributed by atoms with Crippen LogP contribution in [0.2, 0.25) is 0 Å². The van der Waals surface area contributed by atoms with Crippen LogP contribution < -0.4 is 15.5 Å². The zero-order chi connectivity index (χ0) is 19.1. The van der Waals surface area contributed by atoms with Crippen molar-refractivity contribution in [1.82, 2.24) is 5.32 Å². The molecule has 2 aromatic rings. The summed E-state index contributed by atoms with van der Waals surface area (Å²) in [6, 6.07) is 16.9. The summed E-state index contributed by atoms with van der Waals surface area (Å²) in [5, 5.41) is 5.87. The second-order valence-corrected chi connectivity index (χ2v) is 6.53. The lowest BCUT2D eigenvalue weighted by Gasteiger charge is -2.30. The number of para-hydroxylation sites is 2. The number of rotatable bonds is 6. The molecule has 2 amide bonds. The van der Waals surface area contributed by atoms with Crippen molar-refractivity contribution in [1.29, 1.82) is 0 Å². The number of nitrogens with one attached hydrogen (secondary N) is 2. The minimum atomic E-state index is -0.362. The highest BCUT2D eigenvalue weighted by molar-refractivity contribution is 5.95. The smallest absolute Gasteiger partial charge is 0.226 e. The third-order valence-electron chi connectivity index (χ3n) is 4.50. The van der Waals surface area contributed by atoms with Gasteiger partial charge in [-0.3, -0.25) is 9.59 Å². The molecule has 6 nitrogen and oxygen atoms in total. The van der Waals surface area contributed by atoms with Crippen molar-refractivity contribution in [3.63, 3.8) is 0 Å². The largest absolute Gasteiger partial charge is 0.378 e. The maximum absolute atomic E-state index is 12.7. The Kier molecular flexibility index (Phi) is 6.44. The molecule has 0 radical (unpaired) electrons. The van der Waals surface area contributed by atoms with Crippen LogP contribution in [-0.2, 0) is 14.3 Å². The molecule has 3 rings (SSSR count). The summed E-state index contributed by atoms with van der Waals surface area (Å²) in [5.74, 6) is -0.302. The molecule has 0 aliphatic carbocycles. The average molecular weight is 367 g/mol. The fraction of sp³-hybridized carbons (Fsp3) is 0.333. The fourth-order valence-corrected chi connectivity index (χ4v) is 3.23. The Morgan fingerprint density at radius 1 is 1.04 bits per heavy atom. The van der Waals surface area contributed by atoms with E-state index in [0.29, 0.717) is 13.2 Å². The zero-order valence-electron chi connectivity index (χ0n) is 15.5. The van der Waals surface area contributed by atoms with Crippen molar-refractivity contribution in [2.24, 2.45) is 0 Å². The van der Waals surface area contributed by atoms with Crippen LogP contribution in [0.3, 0.4) is 0 Å². The van der Waals surface area contributed by atoms with Crippen LogP contribution in [0.1, 0.15) is 24.9 Å². The lowest BCUT2D eigenvalue weighted by atomic mass is 10.0. The Morgan fingerprint density at radius 3 is 2.41 bits per heavy atom. The van der Waals surface area contributed by atoms with E-state index in [0.717, 1.165) is 30.0 Å². The van der Waals surface area contributed by atoms with Gasteiger partial charge < -0.3 is 20.3 Å². The van der Waals surface area contributed by atoms with E-state index in [-0.39, 0.29) is 24.3 Å². The Morgan fingerprint density at radius 2 is 1.70 bits per heavy atom. The number of carbonyl (C=O) groups excluding carboxylic acids is 2. The molecule has 1 atom stereocenters. The third kappa shape index (κ3) is 5.31. The van der Waals surface area contributed by atoms with Crippen LogP contribution in [0.15, 0.2) is 54.6 Å². The number of nitrogens with zero attached hydrogens (tertiary/aromatic N) is 1. The van der Waals surface area contributed by atoms with Gasteiger partial charge in [-0.2, -0.15) is 0 Å². The standard InChI is InChI=1S/C21H25N3O3/c1-16(25)22-19(17-7-3-2-4-8-17)15-21(26)23-18-9-5-6-10-20(18)24-11-13-27-14-12-24/h2-10,19H,11-15H2,1H3,(H,22,25)(H,23,26)/t19-/m1/s1. The minimum absolute atomic E-state index is 0.140. The van der Waals surface area contributed by atoms with Gasteiger partial charge in [0.2, 0.25) is 11.8 Å². The predicted octanol–water partition coefficient (Wildman–Crippen LogP) is 2.73. The molecule has 2 aromatic carbocycles. The van der Waals surface area contributed by atoms with Crippen molar-refractivity contribution in [3.8, 4) is 0 Å². The molecule has 1 fully saturated rings. The molecule has 0 bridgehead atoms. The summed E-state index contributed by atoms with van der Waals surface area (Å²) in [6.45, 7) is 4.42. The average Bonchev–Trinajstić information content (AvgIpc) is 2.69. The number of ether oxygens (including phenoxy) is 1. The van der Waals surface area contributed by atoms with E-state index in [1.165, 1.54) is 6.92 Å². The van der Waals surface area contributed by atoms with E-state index < -0.39 is 0 Å². The second kappa shape index (κ2) is 9.19. The first-order valence-corrected chi connectivity index (χ1v) is 9.17. The Labute approximate surface area is 159 Å². The first-order valence-electron chi connectivity index (χ1n) is 9.17. The van der Waals surface area contributed by atoms with E-state index in [4.69, 9.17) is 4.74 Å². The van der Waals surface area contributed by atoms with E-state index in [1.807, 2.05) is 54.6 Å². The highest BCUT2D eigenvalue weighted by Crippen LogP contribution is 2.27. The molecule has 0 saturated carbocycles. The van der Waals surface area contributed by atoms with Crippen LogP contribution in [0.25, 0.3) is 0 Å². The minimum Gasteiger partial charge on any atom is -0.378 e. The maximum Gasteiger partial charge on any atom is 0.226 e. The van der Waals surface area contributed by atoms with Crippen LogP contribution in [0.4, 0.5) is 11.4 Å². The lowest BCUT2D eigenvalue weighted by molar-refractivity contribution is -0.120. The van der Waals surface area contributed by atoms with Gasteiger partial charge in [0, 0.05) is 20.0 Å². The molecule has 1 heterocycles. The van der Waals surface area contributed by atoms with Gasteiger partial charge in [-0.25, -0.2) is 0 Å². The number of anilines is 2. The molecule has 0 unspecified atom stereocenters. The SMILES string of the molecule is CC(=O)N[C@H](CC(=O)Nc1ccccc1N1CCOCC1)c1ccccc1. The maximum atomic E-state index is 12.7. The number of amides is 2. The van der Waals surface area contributed by atoms with Gasteiger partial charge in [-0.05, 0) is 17.7 Å². The molecule has 2 N–H and O–H groups in total. The van der Waals surface area contributed by atoms with Crippen molar-refractivity contribution in [3.05, 3.63) is 60.2 Å². The van der Waals surface area contributed by atoms with Gasteiger partial charge in [0.15, 0.2) is 0 Å². The third-order valence-corrected chi connectivity index (χ3v) is 4.50. The molecule has 1 saturated heterocycles. The summed E-state index contributed by atoms with van der Waals surface area (Å²) < 4.78 is 5.41. The Bertz CT molecular complexity index is 773. The van der Waals surface area contributed by atoms with E-state index in [1.54, 1.807) is 0 Å². The Hall–Kier alpha value is -2.86. The number of benzene rings is 2. The highest BCUT2D eigenvalue weighted by Gasteiger charge is 2.19. The molecule has 1 aliphatic rings. The van der Waals surface area contributed by atoms with Crippen LogP contribution >= 0.6 is 0 Å². The van der Waals surface area contributed by atoms with Crippen molar-refractivity contribution >= 4 is 23.2 Å². The van der Waals surface area contributed by atoms with Gasteiger partial charge >= 0.3 is 0 Å². The van der Waals surface area contributed by atoms with Gasteiger partial charge in [-0.15, -0.1) is 0 Å². The molecular weight excluding hydrogens is 342 g/mol. The predicted molar refractivity (Wildman–Crippen MR) is 106 cm³/mol. The molecular formula is C21H25N3O3. The van der Waals surface area contributed by atoms with E-state index >= 15 is 0 Å². The van der Waals surface area contributed by atoms with Gasteiger partial charge in [0.25, 0.3) is 0 Å². The molecule has 0 aromatic heterocycles. The fourth-order valence-electron chi connectivity index (χ4n) is 3.23. The summed E-state index contributed by atoms with van der Waals surface area (Å²) in [7, 11) is 0.